The van der Waals surface area contributed by atoms with Gasteiger partial charge in [0.1, 0.15) is 10.8 Å². The van der Waals surface area contributed by atoms with E-state index in [9.17, 15) is 5.11 Å². The van der Waals surface area contributed by atoms with Crippen molar-refractivity contribution in [2.45, 2.75) is 6.92 Å². The molecule has 0 amide bonds. The van der Waals surface area contributed by atoms with Gasteiger partial charge in [-0.05, 0) is 30.7 Å². The number of benzene rings is 2. The molecule has 0 spiro atoms. The summed E-state index contributed by atoms with van der Waals surface area (Å²) in [4.78, 5) is 4.54. The second kappa shape index (κ2) is 5.17. The SMILES string of the molecule is Cc1cccc(-c2nc3ccccc3s2)c1O.[Zn]. The van der Waals surface area contributed by atoms with Crippen LogP contribution in [0.3, 0.4) is 0 Å². The van der Waals surface area contributed by atoms with Gasteiger partial charge in [-0.25, -0.2) is 4.98 Å². The molecule has 86 valence electrons. The molecule has 0 radical (unpaired) electrons. The first kappa shape index (κ1) is 13.2. The first-order valence-electron chi connectivity index (χ1n) is 5.40. The van der Waals surface area contributed by atoms with Crippen LogP contribution in [0.2, 0.25) is 0 Å². The van der Waals surface area contributed by atoms with E-state index in [0.29, 0.717) is 5.75 Å². The summed E-state index contributed by atoms with van der Waals surface area (Å²) in [6.45, 7) is 1.89. The summed E-state index contributed by atoms with van der Waals surface area (Å²) < 4.78 is 1.14. The molecule has 0 aliphatic carbocycles. The predicted molar refractivity (Wildman–Crippen MR) is 71.5 cm³/mol. The van der Waals surface area contributed by atoms with E-state index in [1.165, 1.54) is 0 Å². The fraction of sp³-hybridized carbons (Fsp3) is 0.0714. The van der Waals surface area contributed by atoms with Crippen LogP contribution in [0.5, 0.6) is 5.75 Å². The summed E-state index contributed by atoms with van der Waals surface area (Å²) in [5.41, 5.74) is 2.67. The minimum absolute atomic E-state index is 0. The van der Waals surface area contributed by atoms with Gasteiger partial charge in [0.25, 0.3) is 0 Å². The summed E-state index contributed by atoms with van der Waals surface area (Å²) in [7, 11) is 0. The number of phenolic OH excluding ortho intramolecular Hbond substituents is 1. The maximum Gasteiger partial charge on any atom is 0.128 e. The van der Waals surface area contributed by atoms with Crippen LogP contribution in [0.15, 0.2) is 42.5 Å². The number of fused-ring (bicyclic) bond motifs is 1. The molecule has 2 nitrogen and oxygen atoms in total. The van der Waals surface area contributed by atoms with Gasteiger partial charge < -0.3 is 5.11 Å². The number of aromatic hydroxyl groups is 1. The third kappa shape index (κ3) is 2.18. The van der Waals surface area contributed by atoms with Crippen LogP contribution in [-0.2, 0) is 19.5 Å². The minimum atomic E-state index is 0. The summed E-state index contributed by atoms with van der Waals surface area (Å²) >= 11 is 1.60. The summed E-state index contributed by atoms with van der Waals surface area (Å²) in [5.74, 6) is 0.326. The Morgan fingerprint density at radius 2 is 1.83 bits per heavy atom. The number of para-hydroxylation sites is 2. The zero-order valence-corrected chi connectivity index (χ0v) is 13.8. The number of aromatic nitrogens is 1. The van der Waals surface area contributed by atoms with Gasteiger partial charge in [-0.2, -0.15) is 0 Å². The zero-order valence-electron chi connectivity index (χ0n) is 10.1. The number of rotatable bonds is 1. The number of thiazole rings is 1. The van der Waals surface area contributed by atoms with Crippen molar-refractivity contribution in [1.29, 1.82) is 0 Å². The van der Waals surface area contributed by atoms with Crippen molar-refractivity contribution in [3.63, 3.8) is 0 Å². The summed E-state index contributed by atoms with van der Waals surface area (Å²) in [5, 5.41) is 10.9. The summed E-state index contributed by atoms with van der Waals surface area (Å²) in [6.07, 6.45) is 0. The Balaban J connectivity index is 0.00000120. The van der Waals surface area contributed by atoms with Gasteiger partial charge in [0.2, 0.25) is 0 Å². The van der Waals surface area contributed by atoms with Gasteiger partial charge in [0.05, 0.1) is 15.8 Å². The molecule has 0 saturated heterocycles. The van der Waals surface area contributed by atoms with E-state index in [4.69, 9.17) is 0 Å². The molecule has 18 heavy (non-hydrogen) atoms. The van der Waals surface area contributed by atoms with Crippen LogP contribution in [0, 0.1) is 6.92 Å². The zero-order chi connectivity index (χ0) is 11.8. The van der Waals surface area contributed by atoms with Crippen LogP contribution in [0.25, 0.3) is 20.8 Å². The Bertz CT molecular complexity index is 660. The molecule has 0 aliphatic rings. The average molecular weight is 307 g/mol. The maximum atomic E-state index is 10.0. The van der Waals surface area contributed by atoms with Gasteiger partial charge >= 0.3 is 0 Å². The van der Waals surface area contributed by atoms with Crippen LogP contribution >= 0.6 is 11.3 Å². The molecule has 0 saturated carbocycles. The van der Waals surface area contributed by atoms with Gasteiger partial charge in [-0.1, -0.05) is 24.3 Å². The van der Waals surface area contributed by atoms with E-state index < -0.39 is 0 Å². The number of nitrogens with zero attached hydrogens (tertiary/aromatic N) is 1. The first-order chi connectivity index (χ1) is 8.25. The van der Waals surface area contributed by atoms with Gasteiger partial charge in [0, 0.05) is 19.5 Å². The number of phenols is 1. The van der Waals surface area contributed by atoms with Crippen LogP contribution in [0.4, 0.5) is 0 Å². The van der Waals surface area contributed by atoms with Gasteiger partial charge in [-0.3, -0.25) is 0 Å². The Labute approximate surface area is 122 Å². The smallest absolute Gasteiger partial charge is 0.128 e. The van der Waals surface area contributed by atoms with Crippen LogP contribution in [0.1, 0.15) is 5.56 Å². The topological polar surface area (TPSA) is 33.1 Å². The monoisotopic (exact) mass is 305 g/mol. The predicted octanol–water partition coefficient (Wildman–Crippen LogP) is 3.97. The third-order valence-electron chi connectivity index (χ3n) is 2.76. The van der Waals surface area contributed by atoms with Gasteiger partial charge in [-0.15, -0.1) is 11.3 Å². The van der Waals surface area contributed by atoms with Crippen molar-refractivity contribution in [1.82, 2.24) is 4.98 Å². The molecule has 0 atom stereocenters. The third-order valence-corrected chi connectivity index (χ3v) is 3.83. The van der Waals surface area contributed by atoms with Crippen molar-refractivity contribution in [2.24, 2.45) is 0 Å². The van der Waals surface area contributed by atoms with E-state index in [1.54, 1.807) is 11.3 Å². The molecule has 0 bridgehead atoms. The molecule has 1 aromatic heterocycles. The standard InChI is InChI=1S/C14H11NOS.Zn/c1-9-5-4-6-10(13(9)16)14-15-11-7-2-3-8-12(11)17-14;/h2-8,16H,1H3;. The molecule has 2 aromatic carbocycles. The van der Waals surface area contributed by atoms with E-state index in [-0.39, 0.29) is 19.5 Å². The molecule has 3 aromatic rings. The summed E-state index contributed by atoms with van der Waals surface area (Å²) in [6, 6.07) is 13.7. The Hall–Kier alpha value is -1.25. The van der Waals surface area contributed by atoms with Crippen LogP contribution in [-0.4, -0.2) is 10.1 Å². The minimum Gasteiger partial charge on any atom is -0.507 e. The Morgan fingerprint density at radius 1 is 1.06 bits per heavy atom. The van der Waals surface area contributed by atoms with Crippen molar-refractivity contribution in [3.8, 4) is 16.3 Å². The largest absolute Gasteiger partial charge is 0.507 e. The molecule has 4 heteroatoms. The fourth-order valence-electron chi connectivity index (χ4n) is 1.82. The van der Waals surface area contributed by atoms with E-state index in [2.05, 4.69) is 4.98 Å². The molecule has 1 heterocycles. The number of aryl methyl sites for hydroxylation is 1. The van der Waals surface area contributed by atoms with Crippen LogP contribution < -0.4 is 0 Å². The number of hydrogen-bond donors (Lipinski definition) is 1. The second-order valence-corrected chi connectivity index (χ2v) is 4.99. The first-order valence-corrected chi connectivity index (χ1v) is 6.22. The maximum absolute atomic E-state index is 10.0. The average Bonchev–Trinajstić information content (AvgIpc) is 2.76. The van der Waals surface area contributed by atoms with Gasteiger partial charge in [0.15, 0.2) is 0 Å². The Morgan fingerprint density at radius 3 is 2.61 bits per heavy atom. The fourth-order valence-corrected chi connectivity index (χ4v) is 2.81. The quantitative estimate of drug-likeness (QED) is 0.690. The van der Waals surface area contributed by atoms with Crippen molar-refractivity contribution in [2.75, 3.05) is 0 Å². The van der Waals surface area contributed by atoms with Crippen molar-refractivity contribution >= 4 is 21.6 Å². The molecule has 1 N–H and O–H groups in total. The van der Waals surface area contributed by atoms with E-state index in [1.807, 2.05) is 49.4 Å². The molecule has 3 rings (SSSR count). The van der Waals surface area contributed by atoms with Crippen molar-refractivity contribution in [3.05, 3.63) is 48.0 Å². The number of hydrogen-bond acceptors (Lipinski definition) is 3. The molecule has 0 fully saturated rings. The molecule has 0 unspecified atom stereocenters. The van der Waals surface area contributed by atoms with E-state index in [0.717, 1.165) is 26.4 Å². The molecule has 0 aliphatic heterocycles. The van der Waals surface area contributed by atoms with E-state index >= 15 is 0 Å². The second-order valence-electron chi connectivity index (χ2n) is 3.96. The normalized spacial score (nSPS) is 10.3. The van der Waals surface area contributed by atoms with Crippen molar-refractivity contribution < 1.29 is 24.6 Å². The molecular formula is C14H11NOSZn. The Kier molecular flexibility index (Phi) is 3.79. The molecular weight excluding hydrogens is 296 g/mol.